The van der Waals surface area contributed by atoms with Gasteiger partial charge < -0.3 is 4.90 Å². The van der Waals surface area contributed by atoms with Gasteiger partial charge in [0, 0.05) is 19.3 Å². The Morgan fingerprint density at radius 1 is 1.33 bits per heavy atom. The average molecular weight is 207 g/mol. The van der Waals surface area contributed by atoms with E-state index < -0.39 is 0 Å². The summed E-state index contributed by atoms with van der Waals surface area (Å²) in [6.07, 6.45) is 1.61. The molecule has 0 aliphatic heterocycles. The van der Waals surface area contributed by atoms with Crippen LogP contribution in [-0.2, 0) is 0 Å². The van der Waals surface area contributed by atoms with Crippen LogP contribution < -0.4 is 0 Å². The molecule has 1 amide bonds. The molecule has 0 aromatic carbocycles. The summed E-state index contributed by atoms with van der Waals surface area (Å²) in [5.74, 6) is 0.709. The molecule has 0 atom stereocenters. The van der Waals surface area contributed by atoms with Crippen LogP contribution >= 0.6 is 0 Å². The molecule has 0 radical (unpaired) electrons. The molecule has 0 N–H and O–H groups in total. The van der Waals surface area contributed by atoms with Crippen LogP contribution in [0, 0.1) is 13.8 Å². The fraction of sp³-hybridized carbons (Fsp3) is 0.545. The van der Waals surface area contributed by atoms with Crippen molar-refractivity contribution in [2.24, 2.45) is 0 Å². The van der Waals surface area contributed by atoms with Gasteiger partial charge in [0.15, 0.2) is 0 Å². The van der Waals surface area contributed by atoms with E-state index in [4.69, 9.17) is 0 Å². The lowest BCUT2D eigenvalue weighted by Gasteiger charge is -2.19. The average Bonchev–Trinajstić information content (AvgIpc) is 2.19. The summed E-state index contributed by atoms with van der Waals surface area (Å²) in [6.45, 7) is 9.01. The lowest BCUT2D eigenvalue weighted by molar-refractivity contribution is 0.0771. The second-order valence-electron chi connectivity index (χ2n) is 3.39. The third-order valence-electron chi connectivity index (χ3n) is 2.38. The first-order valence-corrected chi connectivity index (χ1v) is 5.19. The van der Waals surface area contributed by atoms with Gasteiger partial charge in [0.05, 0.1) is 11.3 Å². The van der Waals surface area contributed by atoms with Crippen LogP contribution in [0.15, 0.2) is 6.20 Å². The fourth-order valence-corrected chi connectivity index (χ4v) is 1.47. The minimum atomic E-state index is 0.0116. The van der Waals surface area contributed by atoms with Crippen molar-refractivity contribution >= 4 is 5.91 Å². The normalized spacial score (nSPS) is 10.1. The third-order valence-corrected chi connectivity index (χ3v) is 2.38. The number of carbonyl (C=O) groups is 1. The standard InChI is InChI=1S/C11H17N3O/c1-5-14(6-2)11(15)10-7-12-9(4)13-8(10)3/h7H,5-6H2,1-4H3. The molecule has 1 aromatic heterocycles. The Kier molecular flexibility index (Phi) is 3.77. The maximum absolute atomic E-state index is 12.0. The highest BCUT2D eigenvalue weighted by molar-refractivity contribution is 5.94. The molecule has 1 heterocycles. The van der Waals surface area contributed by atoms with Gasteiger partial charge in [0.25, 0.3) is 5.91 Å². The number of aryl methyl sites for hydroxylation is 2. The van der Waals surface area contributed by atoms with E-state index in [0.717, 1.165) is 5.69 Å². The summed E-state index contributed by atoms with van der Waals surface area (Å²) in [5.41, 5.74) is 1.35. The van der Waals surface area contributed by atoms with Crippen LogP contribution in [0.4, 0.5) is 0 Å². The fourth-order valence-electron chi connectivity index (χ4n) is 1.47. The van der Waals surface area contributed by atoms with Crippen molar-refractivity contribution in [3.8, 4) is 0 Å². The molecule has 4 nitrogen and oxygen atoms in total. The smallest absolute Gasteiger partial charge is 0.257 e. The van der Waals surface area contributed by atoms with E-state index in [0.29, 0.717) is 24.5 Å². The first kappa shape index (κ1) is 11.6. The largest absolute Gasteiger partial charge is 0.339 e. The molecule has 0 bridgehead atoms. The van der Waals surface area contributed by atoms with E-state index in [2.05, 4.69) is 9.97 Å². The van der Waals surface area contributed by atoms with Crippen LogP contribution in [0.2, 0.25) is 0 Å². The minimum Gasteiger partial charge on any atom is -0.339 e. The van der Waals surface area contributed by atoms with Gasteiger partial charge in [-0.05, 0) is 27.7 Å². The number of hydrogen-bond donors (Lipinski definition) is 0. The van der Waals surface area contributed by atoms with Gasteiger partial charge in [-0.15, -0.1) is 0 Å². The highest BCUT2D eigenvalue weighted by Gasteiger charge is 2.15. The molecule has 1 aromatic rings. The Labute approximate surface area is 90.3 Å². The van der Waals surface area contributed by atoms with Gasteiger partial charge in [-0.3, -0.25) is 4.79 Å². The van der Waals surface area contributed by atoms with Crippen molar-refractivity contribution in [3.63, 3.8) is 0 Å². The predicted molar refractivity (Wildman–Crippen MR) is 58.8 cm³/mol. The molecule has 1 rings (SSSR count). The van der Waals surface area contributed by atoms with E-state index in [1.807, 2.05) is 27.7 Å². The van der Waals surface area contributed by atoms with Crippen molar-refractivity contribution in [1.82, 2.24) is 14.9 Å². The molecular weight excluding hydrogens is 190 g/mol. The maximum Gasteiger partial charge on any atom is 0.257 e. The molecule has 82 valence electrons. The van der Waals surface area contributed by atoms with Gasteiger partial charge in [-0.2, -0.15) is 0 Å². The van der Waals surface area contributed by atoms with Gasteiger partial charge in [0.1, 0.15) is 5.82 Å². The number of amides is 1. The Hall–Kier alpha value is -1.45. The molecule has 0 fully saturated rings. The van der Waals surface area contributed by atoms with Crippen molar-refractivity contribution in [3.05, 3.63) is 23.3 Å². The molecule has 0 spiro atoms. The highest BCUT2D eigenvalue weighted by atomic mass is 16.2. The topological polar surface area (TPSA) is 46.1 Å². The van der Waals surface area contributed by atoms with Crippen molar-refractivity contribution in [1.29, 1.82) is 0 Å². The number of nitrogens with zero attached hydrogens (tertiary/aromatic N) is 3. The zero-order chi connectivity index (χ0) is 11.4. The summed E-state index contributed by atoms with van der Waals surface area (Å²) in [7, 11) is 0. The van der Waals surface area contributed by atoms with Gasteiger partial charge >= 0.3 is 0 Å². The number of aromatic nitrogens is 2. The number of hydrogen-bond acceptors (Lipinski definition) is 3. The molecule has 0 aliphatic carbocycles. The molecule has 15 heavy (non-hydrogen) atoms. The molecule has 0 unspecified atom stereocenters. The van der Waals surface area contributed by atoms with Crippen molar-refractivity contribution < 1.29 is 4.79 Å². The van der Waals surface area contributed by atoms with E-state index in [9.17, 15) is 4.79 Å². The van der Waals surface area contributed by atoms with Gasteiger partial charge in [-0.25, -0.2) is 9.97 Å². The summed E-state index contributed by atoms with van der Waals surface area (Å²) in [6, 6.07) is 0. The molecule has 0 saturated heterocycles. The molecular formula is C11H17N3O. The number of rotatable bonds is 3. The van der Waals surface area contributed by atoms with Crippen LogP contribution in [0.3, 0.4) is 0 Å². The SMILES string of the molecule is CCN(CC)C(=O)c1cnc(C)nc1C. The Bertz CT molecular complexity index is 359. The van der Waals surface area contributed by atoms with E-state index >= 15 is 0 Å². The monoisotopic (exact) mass is 207 g/mol. The lowest BCUT2D eigenvalue weighted by Crippen LogP contribution is -2.31. The molecule has 0 saturated carbocycles. The van der Waals surface area contributed by atoms with Crippen molar-refractivity contribution in [2.45, 2.75) is 27.7 Å². The lowest BCUT2D eigenvalue weighted by atomic mass is 10.2. The second kappa shape index (κ2) is 4.87. The zero-order valence-corrected chi connectivity index (χ0v) is 9.74. The first-order chi connectivity index (χ1) is 7.10. The quantitative estimate of drug-likeness (QED) is 0.756. The Balaban J connectivity index is 3.00. The highest BCUT2D eigenvalue weighted by Crippen LogP contribution is 2.07. The van der Waals surface area contributed by atoms with E-state index in [-0.39, 0.29) is 5.91 Å². The van der Waals surface area contributed by atoms with Crippen LogP contribution in [0.25, 0.3) is 0 Å². The minimum absolute atomic E-state index is 0.0116. The summed E-state index contributed by atoms with van der Waals surface area (Å²) in [4.78, 5) is 22.0. The van der Waals surface area contributed by atoms with E-state index in [1.165, 1.54) is 0 Å². The predicted octanol–water partition coefficient (Wildman–Crippen LogP) is 1.58. The molecule has 4 heteroatoms. The van der Waals surface area contributed by atoms with Crippen molar-refractivity contribution in [2.75, 3.05) is 13.1 Å². The van der Waals surface area contributed by atoms with Crippen LogP contribution in [-0.4, -0.2) is 33.9 Å². The third kappa shape index (κ3) is 2.52. The number of carbonyl (C=O) groups excluding carboxylic acids is 1. The van der Waals surface area contributed by atoms with Crippen LogP contribution in [0.5, 0.6) is 0 Å². The van der Waals surface area contributed by atoms with Crippen LogP contribution in [0.1, 0.15) is 35.7 Å². The summed E-state index contributed by atoms with van der Waals surface area (Å²) < 4.78 is 0. The zero-order valence-electron chi connectivity index (χ0n) is 9.74. The molecule has 0 aliphatic rings. The van der Waals surface area contributed by atoms with E-state index in [1.54, 1.807) is 11.1 Å². The maximum atomic E-state index is 12.0. The first-order valence-electron chi connectivity index (χ1n) is 5.19. The van der Waals surface area contributed by atoms with Gasteiger partial charge in [0.2, 0.25) is 0 Å². The second-order valence-corrected chi connectivity index (χ2v) is 3.39. The van der Waals surface area contributed by atoms with Gasteiger partial charge in [-0.1, -0.05) is 0 Å². The Morgan fingerprint density at radius 3 is 2.40 bits per heavy atom. The summed E-state index contributed by atoms with van der Waals surface area (Å²) in [5, 5.41) is 0. The summed E-state index contributed by atoms with van der Waals surface area (Å²) >= 11 is 0. The Morgan fingerprint density at radius 2 is 1.93 bits per heavy atom.